The molecule has 0 fully saturated rings. The van der Waals surface area contributed by atoms with E-state index in [2.05, 4.69) is 28.1 Å². The predicted octanol–water partition coefficient (Wildman–Crippen LogP) is 4.92. The van der Waals surface area contributed by atoms with Crippen molar-refractivity contribution in [1.82, 2.24) is 0 Å². The van der Waals surface area contributed by atoms with Gasteiger partial charge in [0.25, 0.3) is 0 Å². The zero-order chi connectivity index (χ0) is 10.7. The zero-order valence-electron chi connectivity index (χ0n) is 8.07. The van der Waals surface area contributed by atoms with E-state index < -0.39 is 0 Å². The molecule has 0 spiro atoms. The second-order valence-electron chi connectivity index (χ2n) is 2.82. The van der Waals surface area contributed by atoms with Crippen LogP contribution in [0.3, 0.4) is 0 Å². The standard InChI is InChI=1S/C11H9BrOS2/c1-14-11-9(12)7-10(13-11)15-8-5-3-2-4-6-8/h2-7H,1H3. The summed E-state index contributed by atoms with van der Waals surface area (Å²) in [5.74, 6) is 0. The fraction of sp³-hybridized carbons (Fsp3) is 0.0909. The van der Waals surface area contributed by atoms with Crippen LogP contribution < -0.4 is 0 Å². The second kappa shape index (κ2) is 5.14. The average molecular weight is 301 g/mol. The van der Waals surface area contributed by atoms with E-state index in [1.807, 2.05) is 30.5 Å². The topological polar surface area (TPSA) is 13.1 Å². The quantitative estimate of drug-likeness (QED) is 0.747. The highest BCUT2D eigenvalue weighted by molar-refractivity contribution is 9.10. The van der Waals surface area contributed by atoms with Gasteiger partial charge in [0, 0.05) is 11.0 Å². The Kier molecular flexibility index (Phi) is 3.83. The van der Waals surface area contributed by atoms with Crippen molar-refractivity contribution in [3.8, 4) is 0 Å². The van der Waals surface area contributed by atoms with Crippen molar-refractivity contribution < 1.29 is 4.42 Å². The average Bonchev–Trinajstić information content (AvgIpc) is 2.60. The van der Waals surface area contributed by atoms with Crippen LogP contribution >= 0.6 is 39.5 Å². The van der Waals surface area contributed by atoms with Crippen molar-refractivity contribution in [3.63, 3.8) is 0 Å². The molecule has 1 aromatic carbocycles. The van der Waals surface area contributed by atoms with Crippen molar-refractivity contribution in [1.29, 1.82) is 0 Å². The lowest BCUT2D eigenvalue weighted by molar-refractivity contribution is 0.395. The van der Waals surface area contributed by atoms with Gasteiger partial charge in [-0.15, -0.1) is 0 Å². The van der Waals surface area contributed by atoms with Crippen LogP contribution in [-0.4, -0.2) is 6.26 Å². The highest BCUT2D eigenvalue weighted by Crippen LogP contribution is 2.36. The molecule has 0 N–H and O–H groups in total. The van der Waals surface area contributed by atoms with E-state index >= 15 is 0 Å². The molecule has 4 heteroatoms. The number of rotatable bonds is 3. The molecular formula is C11H9BrOS2. The number of thioether (sulfide) groups is 1. The van der Waals surface area contributed by atoms with Gasteiger partial charge in [-0.25, -0.2) is 0 Å². The molecule has 2 rings (SSSR count). The minimum absolute atomic E-state index is 0.914. The van der Waals surface area contributed by atoms with Crippen LogP contribution in [0.1, 0.15) is 0 Å². The van der Waals surface area contributed by atoms with Crippen LogP contribution in [0.4, 0.5) is 0 Å². The molecule has 0 bridgehead atoms. The molecule has 78 valence electrons. The van der Waals surface area contributed by atoms with E-state index in [1.54, 1.807) is 23.5 Å². The minimum Gasteiger partial charge on any atom is -0.442 e. The van der Waals surface area contributed by atoms with Crippen LogP contribution in [-0.2, 0) is 0 Å². The number of benzene rings is 1. The maximum absolute atomic E-state index is 5.65. The third-order valence-electron chi connectivity index (χ3n) is 1.78. The van der Waals surface area contributed by atoms with Gasteiger partial charge in [0.1, 0.15) is 0 Å². The highest BCUT2D eigenvalue weighted by atomic mass is 79.9. The van der Waals surface area contributed by atoms with E-state index in [0.29, 0.717) is 0 Å². The Bertz CT molecular complexity index is 439. The SMILES string of the molecule is CSc1oc(Sc2ccccc2)cc1Br. The first kappa shape index (κ1) is 11.2. The summed E-state index contributed by atoms with van der Waals surface area (Å²) in [4.78, 5) is 1.19. The zero-order valence-corrected chi connectivity index (χ0v) is 11.3. The Morgan fingerprint density at radius 2 is 1.93 bits per heavy atom. The smallest absolute Gasteiger partial charge is 0.175 e. The summed E-state index contributed by atoms with van der Waals surface area (Å²) in [6.07, 6.45) is 2.00. The first-order valence-corrected chi connectivity index (χ1v) is 7.19. The van der Waals surface area contributed by atoms with Gasteiger partial charge in [-0.2, -0.15) is 0 Å². The second-order valence-corrected chi connectivity index (χ2v) is 5.53. The van der Waals surface area contributed by atoms with E-state index in [0.717, 1.165) is 14.7 Å². The molecular weight excluding hydrogens is 292 g/mol. The van der Waals surface area contributed by atoms with Gasteiger partial charge in [0.2, 0.25) is 0 Å². The monoisotopic (exact) mass is 300 g/mol. The van der Waals surface area contributed by atoms with Gasteiger partial charge in [-0.3, -0.25) is 0 Å². The van der Waals surface area contributed by atoms with Crippen molar-refractivity contribution in [2.75, 3.05) is 6.26 Å². The molecule has 0 radical (unpaired) electrons. The molecule has 0 atom stereocenters. The molecule has 15 heavy (non-hydrogen) atoms. The highest BCUT2D eigenvalue weighted by Gasteiger charge is 2.08. The van der Waals surface area contributed by atoms with Crippen molar-refractivity contribution in [2.45, 2.75) is 15.1 Å². The Labute approximate surface area is 106 Å². The molecule has 0 unspecified atom stereocenters. The number of furan rings is 1. The van der Waals surface area contributed by atoms with E-state index in [1.165, 1.54) is 4.90 Å². The van der Waals surface area contributed by atoms with E-state index in [-0.39, 0.29) is 0 Å². The van der Waals surface area contributed by atoms with Gasteiger partial charge >= 0.3 is 0 Å². The molecule has 1 nitrogen and oxygen atoms in total. The third-order valence-corrected chi connectivity index (χ3v) is 4.22. The lowest BCUT2D eigenvalue weighted by Crippen LogP contribution is -1.67. The fourth-order valence-electron chi connectivity index (χ4n) is 1.13. The van der Waals surface area contributed by atoms with Gasteiger partial charge in [-0.1, -0.05) is 41.7 Å². The molecule has 0 aliphatic heterocycles. The Morgan fingerprint density at radius 1 is 1.20 bits per heavy atom. The summed E-state index contributed by atoms with van der Waals surface area (Å²) in [7, 11) is 0. The fourth-order valence-corrected chi connectivity index (χ4v) is 3.36. The summed E-state index contributed by atoms with van der Waals surface area (Å²) >= 11 is 6.69. The maximum atomic E-state index is 5.65. The number of hydrogen-bond donors (Lipinski definition) is 0. The number of hydrogen-bond acceptors (Lipinski definition) is 3. The molecule has 0 amide bonds. The first-order valence-electron chi connectivity index (χ1n) is 4.36. The first-order chi connectivity index (χ1) is 7.29. The summed E-state index contributed by atoms with van der Waals surface area (Å²) in [6, 6.07) is 12.2. The Balaban J connectivity index is 2.18. The normalized spacial score (nSPS) is 10.5. The number of halogens is 1. The van der Waals surface area contributed by atoms with Gasteiger partial charge in [0.15, 0.2) is 10.2 Å². The van der Waals surface area contributed by atoms with Gasteiger partial charge in [0.05, 0.1) is 4.47 Å². The largest absolute Gasteiger partial charge is 0.442 e. The van der Waals surface area contributed by atoms with Gasteiger partial charge in [-0.05, 0) is 34.3 Å². The molecule has 1 aromatic heterocycles. The van der Waals surface area contributed by atoms with Crippen LogP contribution in [0.15, 0.2) is 60.4 Å². The summed E-state index contributed by atoms with van der Waals surface area (Å²) in [5.41, 5.74) is 0. The summed E-state index contributed by atoms with van der Waals surface area (Å²) in [6.45, 7) is 0. The lowest BCUT2D eigenvalue weighted by Gasteiger charge is -1.95. The molecule has 2 aromatic rings. The lowest BCUT2D eigenvalue weighted by atomic mass is 10.4. The van der Waals surface area contributed by atoms with Crippen LogP contribution in [0.25, 0.3) is 0 Å². The predicted molar refractivity (Wildman–Crippen MR) is 68.8 cm³/mol. The van der Waals surface area contributed by atoms with Crippen molar-refractivity contribution in [3.05, 3.63) is 40.9 Å². The Hall–Kier alpha value is -0.320. The van der Waals surface area contributed by atoms with E-state index in [4.69, 9.17) is 4.42 Å². The van der Waals surface area contributed by atoms with Crippen LogP contribution in [0.5, 0.6) is 0 Å². The molecule has 1 heterocycles. The Morgan fingerprint density at radius 3 is 2.53 bits per heavy atom. The minimum atomic E-state index is 0.914. The van der Waals surface area contributed by atoms with Gasteiger partial charge < -0.3 is 4.42 Å². The van der Waals surface area contributed by atoms with Crippen molar-refractivity contribution >= 4 is 39.5 Å². The molecule has 0 saturated heterocycles. The van der Waals surface area contributed by atoms with Crippen molar-refractivity contribution in [2.24, 2.45) is 0 Å². The van der Waals surface area contributed by atoms with Crippen LogP contribution in [0, 0.1) is 0 Å². The van der Waals surface area contributed by atoms with Crippen LogP contribution in [0.2, 0.25) is 0 Å². The van der Waals surface area contributed by atoms with E-state index in [9.17, 15) is 0 Å². The summed E-state index contributed by atoms with van der Waals surface area (Å²) < 4.78 is 6.67. The third kappa shape index (κ3) is 2.83. The summed E-state index contributed by atoms with van der Waals surface area (Å²) in [5, 5.41) is 1.84. The molecule has 0 aliphatic rings. The molecule has 0 aliphatic carbocycles. The maximum Gasteiger partial charge on any atom is 0.175 e. The molecule has 0 saturated carbocycles.